The van der Waals surface area contributed by atoms with Crippen molar-refractivity contribution in [3.8, 4) is 0 Å². The van der Waals surface area contributed by atoms with E-state index in [0.29, 0.717) is 16.1 Å². The molecule has 1 saturated heterocycles. The van der Waals surface area contributed by atoms with E-state index >= 15 is 0 Å². The first-order chi connectivity index (χ1) is 9.96. The van der Waals surface area contributed by atoms with E-state index in [0.717, 1.165) is 6.07 Å². The number of rotatable bonds is 3. The summed E-state index contributed by atoms with van der Waals surface area (Å²) in [6.07, 6.45) is -4.39. The molecule has 1 aliphatic heterocycles. The smallest absolute Gasteiger partial charge is 0.399 e. The van der Waals surface area contributed by atoms with Crippen molar-refractivity contribution < 1.29 is 22.5 Å². The molecule has 1 aromatic rings. The third-order valence-electron chi connectivity index (χ3n) is 4.09. The summed E-state index contributed by atoms with van der Waals surface area (Å²) in [6, 6.07) is 4.00. The molecule has 2 nitrogen and oxygen atoms in total. The molecule has 1 fully saturated rings. The third kappa shape index (κ3) is 3.47. The zero-order chi connectivity index (χ0) is 16.8. The second-order valence-electron chi connectivity index (χ2n) is 6.31. The van der Waals surface area contributed by atoms with Gasteiger partial charge in [-0.25, -0.2) is 0 Å². The second kappa shape index (κ2) is 5.76. The van der Waals surface area contributed by atoms with Gasteiger partial charge in [0.05, 0.1) is 16.8 Å². The fourth-order valence-electron chi connectivity index (χ4n) is 2.15. The Kier molecular flexibility index (Phi) is 4.64. The largest absolute Gasteiger partial charge is 0.494 e. The van der Waals surface area contributed by atoms with Crippen LogP contribution in [0, 0.1) is 0 Å². The van der Waals surface area contributed by atoms with Crippen molar-refractivity contribution in [3.63, 3.8) is 0 Å². The molecule has 0 atom stereocenters. The van der Waals surface area contributed by atoms with Crippen LogP contribution < -0.4 is 5.46 Å². The van der Waals surface area contributed by atoms with Crippen molar-refractivity contribution >= 4 is 24.3 Å². The maximum Gasteiger partial charge on any atom is 0.494 e. The molecule has 0 amide bonds. The standard InChI is InChI=1S/C15H20BF3O2S/c1-6-22-12-8-10(15(17,18)19)7-11(9-12)16-20-13(2,3)14(4,5)21-16/h7-9H,6H2,1-5H3. The van der Waals surface area contributed by atoms with Crippen molar-refractivity contribution in [3.05, 3.63) is 23.8 Å². The Morgan fingerprint density at radius 1 is 1.05 bits per heavy atom. The molecule has 22 heavy (non-hydrogen) atoms. The number of thioether (sulfide) groups is 1. The van der Waals surface area contributed by atoms with E-state index in [9.17, 15) is 13.2 Å². The summed E-state index contributed by atoms with van der Waals surface area (Å²) in [5.74, 6) is 0.699. The molecule has 0 N–H and O–H groups in total. The van der Waals surface area contributed by atoms with Gasteiger partial charge in [0.15, 0.2) is 0 Å². The lowest BCUT2D eigenvalue weighted by molar-refractivity contribution is -0.137. The molecule has 7 heteroatoms. The Morgan fingerprint density at radius 2 is 1.59 bits per heavy atom. The molecular formula is C15H20BF3O2S. The molecule has 0 spiro atoms. The van der Waals surface area contributed by atoms with Crippen LogP contribution in [0.4, 0.5) is 13.2 Å². The normalized spacial score (nSPS) is 20.5. The minimum absolute atomic E-state index is 0.407. The lowest BCUT2D eigenvalue weighted by Gasteiger charge is -2.32. The van der Waals surface area contributed by atoms with Gasteiger partial charge in [0, 0.05) is 4.90 Å². The second-order valence-corrected chi connectivity index (χ2v) is 7.65. The van der Waals surface area contributed by atoms with E-state index in [4.69, 9.17) is 9.31 Å². The molecule has 122 valence electrons. The molecule has 0 aliphatic carbocycles. The molecule has 1 heterocycles. The van der Waals surface area contributed by atoms with Gasteiger partial charge in [0.1, 0.15) is 0 Å². The first kappa shape index (κ1) is 17.7. The van der Waals surface area contributed by atoms with Gasteiger partial charge in [0.25, 0.3) is 0 Å². The Bertz CT molecular complexity index is 542. The SMILES string of the molecule is CCSc1cc(B2OC(C)(C)C(C)(C)O2)cc(C(F)(F)F)c1. The summed E-state index contributed by atoms with van der Waals surface area (Å²) in [6.45, 7) is 9.41. The highest BCUT2D eigenvalue weighted by Gasteiger charge is 2.52. The predicted octanol–water partition coefficient (Wildman–Crippen LogP) is 4.12. The van der Waals surface area contributed by atoms with Crippen LogP contribution in [-0.2, 0) is 15.5 Å². The van der Waals surface area contributed by atoms with Crippen molar-refractivity contribution in [1.82, 2.24) is 0 Å². The van der Waals surface area contributed by atoms with Crippen LogP contribution in [0.1, 0.15) is 40.2 Å². The van der Waals surface area contributed by atoms with Crippen LogP contribution in [0.25, 0.3) is 0 Å². The van der Waals surface area contributed by atoms with Crippen molar-refractivity contribution in [1.29, 1.82) is 0 Å². The van der Waals surface area contributed by atoms with Gasteiger partial charge in [-0.2, -0.15) is 13.2 Å². The van der Waals surface area contributed by atoms with Crippen LogP contribution in [0.15, 0.2) is 23.1 Å². The number of alkyl halides is 3. The Balaban J connectivity index is 2.41. The summed E-state index contributed by atoms with van der Waals surface area (Å²) in [4.78, 5) is 0.571. The minimum Gasteiger partial charge on any atom is -0.399 e. The molecular weight excluding hydrogens is 312 g/mol. The van der Waals surface area contributed by atoms with Crippen molar-refractivity contribution in [2.24, 2.45) is 0 Å². The van der Waals surface area contributed by atoms with Crippen LogP contribution in [0.5, 0.6) is 0 Å². The summed E-state index contributed by atoms with van der Waals surface area (Å²) in [7, 11) is -0.788. The van der Waals surface area contributed by atoms with Gasteiger partial charge in [-0.15, -0.1) is 11.8 Å². The monoisotopic (exact) mass is 332 g/mol. The topological polar surface area (TPSA) is 18.5 Å². The third-order valence-corrected chi connectivity index (χ3v) is 4.95. The van der Waals surface area contributed by atoms with Crippen LogP contribution in [-0.4, -0.2) is 24.1 Å². The molecule has 0 unspecified atom stereocenters. The van der Waals surface area contributed by atoms with Gasteiger partial charge < -0.3 is 9.31 Å². The predicted molar refractivity (Wildman–Crippen MR) is 83.6 cm³/mol. The summed E-state index contributed by atoms with van der Waals surface area (Å²) >= 11 is 1.37. The molecule has 2 rings (SSSR count). The average Bonchev–Trinajstić information content (AvgIpc) is 2.57. The highest BCUT2D eigenvalue weighted by molar-refractivity contribution is 7.99. The quantitative estimate of drug-likeness (QED) is 0.613. The highest BCUT2D eigenvalue weighted by Crippen LogP contribution is 2.37. The maximum atomic E-state index is 13.1. The first-order valence-electron chi connectivity index (χ1n) is 7.17. The summed E-state index contributed by atoms with van der Waals surface area (Å²) in [5.41, 5.74) is -1.42. The number of hydrogen-bond acceptors (Lipinski definition) is 3. The van der Waals surface area contributed by atoms with Gasteiger partial charge in [-0.3, -0.25) is 0 Å². The minimum atomic E-state index is -4.39. The van der Waals surface area contributed by atoms with Gasteiger partial charge >= 0.3 is 13.3 Å². The Morgan fingerprint density at radius 3 is 2.05 bits per heavy atom. The maximum absolute atomic E-state index is 13.1. The first-order valence-corrected chi connectivity index (χ1v) is 8.15. The zero-order valence-electron chi connectivity index (χ0n) is 13.4. The highest BCUT2D eigenvalue weighted by atomic mass is 32.2. The van der Waals surface area contributed by atoms with E-state index in [1.165, 1.54) is 17.8 Å². The van der Waals surface area contributed by atoms with Gasteiger partial charge in [0.2, 0.25) is 0 Å². The fourth-order valence-corrected chi connectivity index (χ4v) is 2.91. The number of hydrogen-bond donors (Lipinski definition) is 0. The molecule has 0 saturated carbocycles. The van der Waals surface area contributed by atoms with E-state index in [2.05, 4.69) is 0 Å². The fraction of sp³-hybridized carbons (Fsp3) is 0.600. The van der Waals surface area contributed by atoms with Crippen molar-refractivity contribution in [2.45, 2.75) is 56.9 Å². The summed E-state index contributed by atoms with van der Waals surface area (Å²) < 4.78 is 51.0. The van der Waals surface area contributed by atoms with Crippen LogP contribution >= 0.6 is 11.8 Å². The molecule has 0 aromatic heterocycles. The number of halogens is 3. The molecule has 1 aromatic carbocycles. The molecule has 0 bridgehead atoms. The molecule has 1 aliphatic rings. The van der Waals surface area contributed by atoms with Gasteiger partial charge in [-0.1, -0.05) is 13.0 Å². The summed E-state index contributed by atoms with van der Waals surface area (Å²) in [5, 5.41) is 0. The molecule has 0 radical (unpaired) electrons. The van der Waals surface area contributed by atoms with Crippen molar-refractivity contribution in [2.75, 3.05) is 5.75 Å². The van der Waals surface area contributed by atoms with E-state index in [-0.39, 0.29) is 0 Å². The Hall–Kier alpha value is -0.655. The van der Waals surface area contributed by atoms with E-state index < -0.39 is 30.1 Å². The average molecular weight is 332 g/mol. The van der Waals surface area contributed by atoms with Crippen LogP contribution in [0.3, 0.4) is 0 Å². The number of benzene rings is 1. The van der Waals surface area contributed by atoms with Crippen LogP contribution in [0.2, 0.25) is 0 Å². The Labute approximate surface area is 133 Å². The van der Waals surface area contributed by atoms with E-state index in [1.807, 2.05) is 34.6 Å². The van der Waals surface area contributed by atoms with Gasteiger partial charge in [-0.05, 0) is 51.0 Å². The van der Waals surface area contributed by atoms with E-state index in [1.54, 1.807) is 6.07 Å². The lowest BCUT2D eigenvalue weighted by atomic mass is 9.78. The zero-order valence-corrected chi connectivity index (χ0v) is 14.2. The lowest BCUT2D eigenvalue weighted by Crippen LogP contribution is -2.41.